The maximum Gasteiger partial charge on any atom is 0.344 e. The number of hydrogen-bond donors (Lipinski definition) is 1. The lowest BCUT2D eigenvalue weighted by atomic mass is 10.0. The van der Waals surface area contributed by atoms with Gasteiger partial charge in [-0.25, -0.2) is 4.79 Å². The Morgan fingerprint density at radius 1 is 1.05 bits per heavy atom. The Morgan fingerprint density at radius 3 is 2.71 bits per heavy atom. The van der Waals surface area contributed by atoms with Crippen molar-refractivity contribution >= 4 is 33.3 Å². The van der Waals surface area contributed by atoms with E-state index < -0.39 is 5.63 Å². The Hall–Kier alpha value is -2.82. The van der Waals surface area contributed by atoms with Crippen LogP contribution >= 0.6 is 0 Å². The first-order valence-corrected chi connectivity index (χ1v) is 6.56. The highest BCUT2D eigenvalue weighted by atomic mass is 16.5. The summed E-state index contributed by atoms with van der Waals surface area (Å²) in [5, 5.41) is 4.85. The summed E-state index contributed by atoms with van der Waals surface area (Å²) in [4.78, 5) is 23.5. The lowest BCUT2D eigenvalue weighted by Crippen LogP contribution is -2.25. The van der Waals surface area contributed by atoms with E-state index in [0.717, 1.165) is 16.3 Å². The summed E-state index contributed by atoms with van der Waals surface area (Å²) >= 11 is 0. The third-order valence-corrected chi connectivity index (χ3v) is 3.61. The van der Waals surface area contributed by atoms with Crippen LogP contribution in [0, 0.1) is 6.92 Å². The van der Waals surface area contributed by atoms with Gasteiger partial charge in [-0.2, -0.15) is 0 Å². The molecule has 5 heteroatoms. The zero-order chi connectivity index (χ0) is 14.6. The molecule has 0 atom stereocenters. The lowest BCUT2D eigenvalue weighted by Gasteiger charge is -2.18. The van der Waals surface area contributed by atoms with Crippen molar-refractivity contribution in [1.82, 2.24) is 0 Å². The predicted octanol–water partition coefficient (Wildman–Crippen LogP) is 2.59. The van der Waals surface area contributed by atoms with Crippen LogP contribution in [-0.2, 0) is 4.79 Å². The number of carbonyl (C=O) groups is 1. The molecule has 0 saturated carbocycles. The van der Waals surface area contributed by atoms with E-state index in [2.05, 4.69) is 5.32 Å². The number of fused-ring (bicyclic) bond motifs is 5. The molecule has 0 bridgehead atoms. The van der Waals surface area contributed by atoms with Gasteiger partial charge in [-0.15, -0.1) is 0 Å². The highest BCUT2D eigenvalue weighted by Crippen LogP contribution is 2.37. The number of rotatable bonds is 0. The van der Waals surface area contributed by atoms with E-state index in [1.54, 1.807) is 6.07 Å². The molecule has 2 heterocycles. The van der Waals surface area contributed by atoms with E-state index in [1.165, 1.54) is 0 Å². The van der Waals surface area contributed by atoms with Crippen molar-refractivity contribution in [2.75, 3.05) is 11.9 Å². The number of aryl methyl sites for hydroxylation is 1. The summed E-state index contributed by atoms with van der Waals surface area (Å²) < 4.78 is 10.9. The molecule has 3 aromatic rings. The molecule has 1 aliphatic heterocycles. The Labute approximate surface area is 119 Å². The minimum atomic E-state index is -0.407. The molecule has 1 N–H and O–H groups in total. The number of anilines is 1. The molecule has 0 aliphatic carbocycles. The average Bonchev–Trinajstić information content (AvgIpc) is 2.47. The molecule has 2 aromatic carbocycles. The van der Waals surface area contributed by atoms with Crippen LogP contribution in [0.2, 0.25) is 0 Å². The van der Waals surface area contributed by atoms with Gasteiger partial charge < -0.3 is 14.5 Å². The van der Waals surface area contributed by atoms with Crippen LogP contribution in [0.4, 0.5) is 5.69 Å². The summed E-state index contributed by atoms with van der Waals surface area (Å²) in [6.07, 6.45) is 0. The summed E-state index contributed by atoms with van der Waals surface area (Å²) in [6.45, 7) is 1.84. The standard InChI is InChI=1S/C16H11NO4/c1-8-2-3-9-10-4-5-12-15(20-7-13(18)17-12)14(10)21-16(19)11(9)6-8/h2-6H,7H2,1H3,(H,17,18). The van der Waals surface area contributed by atoms with Crippen molar-refractivity contribution < 1.29 is 13.9 Å². The van der Waals surface area contributed by atoms with E-state index >= 15 is 0 Å². The third kappa shape index (κ3) is 1.71. The van der Waals surface area contributed by atoms with Crippen molar-refractivity contribution in [2.24, 2.45) is 0 Å². The second-order valence-corrected chi connectivity index (χ2v) is 5.09. The van der Waals surface area contributed by atoms with Gasteiger partial charge in [0.25, 0.3) is 5.91 Å². The van der Waals surface area contributed by atoms with Crippen molar-refractivity contribution in [1.29, 1.82) is 0 Å². The van der Waals surface area contributed by atoms with Crippen LogP contribution in [0.5, 0.6) is 5.75 Å². The second-order valence-electron chi connectivity index (χ2n) is 5.09. The molecule has 1 aromatic heterocycles. The number of carbonyl (C=O) groups excluding carboxylic acids is 1. The number of amides is 1. The first-order chi connectivity index (χ1) is 10.1. The maximum absolute atomic E-state index is 12.2. The highest BCUT2D eigenvalue weighted by Gasteiger charge is 2.21. The minimum absolute atomic E-state index is 0.0816. The van der Waals surface area contributed by atoms with E-state index in [4.69, 9.17) is 9.15 Å². The molecular weight excluding hydrogens is 270 g/mol. The first-order valence-electron chi connectivity index (χ1n) is 6.56. The van der Waals surface area contributed by atoms with Crippen molar-refractivity contribution in [3.8, 4) is 5.75 Å². The monoisotopic (exact) mass is 281 g/mol. The Morgan fingerprint density at radius 2 is 1.86 bits per heavy atom. The van der Waals surface area contributed by atoms with Gasteiger partial charge in [0.1, 0.15) is 0 Å². The van der Waals surface area contributed by atoms with Crippen LogP contribution in [-0.4, -0.2) is 12.5 Å². The van der Waals surface area contributed by atoms with Gasteiger partial charge in [0.05, 0.1) is 11.1 Å². The number of benzene rings is 2. The quantitative estimate of drug-likeness (QED) is 0.508. The summed E-state index contributed by atoms with van der Waals surface area (Å²) in [7, 11) is 0. The molecule has 0 saturated heterocycles. The van der Waals surface area contributed by atoms with E-state index in [-0.39, 0.29) is 12.5 Å². The van der Waals surface area contributed by atoms with Gasteiger partial charge in [0.2, 0.25) is 0 Å². The zero-order valence-electron chi connectivity index (χ0n) is 11.2. The topological polar surface area (TPSA) is 68.5 Å². The number of hydrogen-bond acceptors (Lipinski definition) is 4. The predicted molar refractivity (Wildman–Crippen MR) is 78.9 cm³/mol. The van der Waals surface area contributed by atoms with Gasteiger partial charge in [-0.1, -0.05) is 17.7 Å². The molecule has 1 amide bonds. The van der Waals surface area contributed by atoms with Crippen LogP contribution in [0.3, 0.4) is 0 Å². The molecule has 0 spiro atoms. The average molecular weight is 281 g/mol. The molecule has 1 aliphatic rings. The van der Waals surface area contributed by atoms with E-state index in [9.17, 15) is 9.59 Å². The largest absolute Gasteiger partial charge is 0.478 e. The smallest absolute Gasteiger partial charge is 0.344 e. The fourth-order valence-electron chi connectivity index (χ4n) is 2.65. The first kappa shape index (κ1) is 12.0. The molecule has 0 unspecified atom stereocenters. The summed E-state index contributed by atoms with van der Waals surface area (Å²) in [6, 6.07) is 9.24. The van der Waals surface area contributed by atoms with Crippen LogP contribution < -0.4 is 15.7 Å². The third-order valence-electron chi connectivity index (χ3n) is 3.61. The lowest BCUT2D eigenvalue weighted by molar-refractivity contribution is -0.118. The van der Waals surface area contributed by atoms with Gasteiger partial charge in [-0.05, 0) is 25.1 Å². The molecule has 4 rings (SSSR count). The molecule has 21 heavy (non-hydrogen) atoms. The van der Waals surface area contributed by atoms with Gasteiger partial charge in [0, 0.05) is 10.8 Å². The van der Waals surface area contributed by atoms with Crippen molar-refractivity contribution in [3.05, 3.63) is 46.3 Å². The molecule has 0 radical (unpaired) electrons. The molecule has 104 valence electrons. The Kier molecular flexibility index (Phi) is 2.33. The van der Waals surface area contributed by atoms with Crippen molar-refractivity contribution in [2.45, 2.75) is 6.92 Å². The van der Waals surface area contributed by atoms with E-state index in [0.29, 0.717) is 22.4 Å². The molecular formula is C16H11NO4. The van der Waals surface area contributed by atoms with Crippen LogP contribution in [0.25, 0.3) is 21.7 Å². The molecule has 0 fully saturated rings. The fourth-order valence-corrected chi connectivity index (χ4v) is 2.65. The fraction of sp³-hybridized carbons (Fsp3) is 0.125. The summed E-state index contributed by atoms with van der Waals surface area (Å²) in [5.74, 6) is 0.187. The Bertz CT molecular complexity index is 971. The van der Waals surface area contributed by atoms with Crippen LogP contribution in [0.15, 0.2) is 39.5 Å². The second kappa shape index (κ2) is 4.09. The normalized spacial score (nSPS) is 13.9. The highest BCUT2D eigenvalue weighted by molar-refractivity contribution is 6.09. The number of nitrogens with one attached hydrogen (secondary N) is 1. The van der Waals surface area contributed by atoms with Gasteiger partial charge >= 0.3 is 5.63 Å². The Balaban J connectivity index is 2.15. The van der Waals surface area contributed by atoms with Crippen LogP contribution in [0.1, 0.15) is 5.56 Å². The van der Waals surface area contributed by atoms with E-state index in [1.807, 2.05) is 31.2 Å². The molecule has 5 nitrogen and oxygen atoms in total. The van der Waals surface area contributed by atoms with Gasteiger partial charge in [0.15, 0.2) is 17.9 Å². The maximum atomic E-state index is 12.2. The van der Waals surface area contributed by atoms with Gasteiger partial charge in [-0.3, -0.25) is 4.79 Å². The minimum Gasteiger partial charge on any atom is -0.478 e. The SMILES string of the molecule is Cc1ccc2c(c1)c(=O)oc1c3c(ccc12)NC(=O)CO3. The van der Waals surface area contributed by atoms with Crippen molar-refractivity contribution in [3.63, 3.8) is 0 Å². The summed E-state index contributed by atoms with van der Waals surface area (Å²) in [5.41, 5.74) is 1.48. The zero-order valence-corrected chi connectivity index (χ0v) is 11.2. The number of ether oxygens (including phenoxy) is 1.